The molecule has 2 nitrogen and oxygen atoms in total. The number of hydrogen-bond acceptors (Lipinski definition) is 2. The van der Waals surface area contributed by atoms with Crippen LogP contribution in [0.5, 0.6) is 0 Å². The van der Waals surface area contributed by atoms with Crippen molar-refractivity contribution in [3.05, 3.63) is 151 Å². The van der Waals surface area contributed by atoms with Crippen LogP contribution in [0.15, 0.2) is 151 Å². The number of oxime groups is 1. The molecule has 33 heavy (non-hydrogen) atoms. The number of rotatable bonds is 6. The molecule has 0 bridgehead atoms. The molecule has 0 amide bonds. The number of nitrogens with zero attached hydrogens (tertiary/aromatic N) is 1. The first-order chi connectivity index (χ1) is 15.9. The summed E-state index contributed by atoms with van der Waals surface area (Å²) >= 11 is 0. The van der Waals surface area contributed by atoms with Crippen LogP contribution in [0.1, 0.15) is 5.56 Å². The molecular weight excluding hydrogens is 462 g/mol. The maximum atomic E-state index is 6.47. The maximum Gasteiger partial charge on any atom is 0.380 e. The minimum Gasteiger partial charge on any atom is -0.748 e. The third-order valence-corrected chi connectivity index (χ3v) is 8.99. The average Bonchev–Trinajstić information content (AvgIpc) is 3.61. The molecule has 4 heteroatoms. The molecule has 0 saturated heterocycles. The van der Waals surface area contributed by atoms with Gasteiger partial charge in [-0.15, -0.1) is 10.7 Å². The average molecular weight is 487 g/mol. The first-order valence-corrected chi connectivity index (χ1v) is 12.6. The van der Waals surface area contributed by atoms with E-state index in [1.165, 1.54) is 15.6 Å². The molecule has 0 aliphatic carbocycles. The molecule has 0 heterocycles. The van der Waals surface area contributed by atoms with Gasteiger partial charge in [0.2, 0.25) is 0 Å². The van der Waals surface area contributed by atoms with Crippen molar-refractivity contribution in [3.8, 4) is 0 Å². The van der Waals surface area contributed by atoms with Gasteiger partial charge in [-0.1, -0.05) is 91.0 Å². The summed E-state index contributed by atoms with van der Waals surface area (Å²) < 4.78 is 6.47. The summed E-state index contributed by atoms with van der Waals surface area (Å²) in [7, 11) is -2.76. The van der Waals surface area contributed by atoms with E-state index in [2.05, 4.69) is 78.0 Å². The Kier molecular flexibility index (Phi) is 9.22. The van der Waals surface area contributed by atoms with Gasteiger partial charge in [0.05, 0.1) is 0 Å². The van der Waals surface area contributed by atoms with E-state index >= 15 is 0 Å². The summed E-state index contributed by atoms with van der Waals surface area (Å²) in [4.78, 5) is 0. The molecule has 0 unspecified atom stereocenters. The van der Waals surface area contributed by atoms with Crippen molar-refractivity contribution < 1.29 is 21.6 Å². The van der Waals surface area contributed by atoms with E-state index in [0.29, 0.717) is 0 Å². The Morgan fingerprint density at radius 2 is 0.939 bits per heavy atom. The Labute approximate surface area is 207 Å². The van der Waals surface area contributed by atoms with Gasteiger partial charge in [0.1, 0.15) is 0 Å². The third kappa shape index (κ3) is 6.08. The first kappa shape index (κ1) is 24.2. The van der Waals surface area contributed by atoms with Crippen LogP contribution in [0.2, 0.25) is 0 Å². The smallest absolute Gasteiger partial charge is 0.380 e. The zero-order chi connectivity index (χ0) is 21.9. The van der Waals surface area contributed by atoms with Gasteiger partial charge in [0.15, 0.2) is 0 Å². The maximum absolute atomic E-state index is 6.47. The third-order valence-electron chi connectivity index (χ3n) is 5.18. The summed E-state index contributed by atoms with van der Waals surface area (Å²) in [5, 5.41) is 7.96. The van der Waals surface area contributed by atoms with Crippen molar-refractivity contribution in [2.45, 2.75) is 0 Å². The Morgan fingerprint density at radius 3 is 1.30 bits per heavy atom. The van der Waals surface area contributed by atoms with Crippen LogP contribution in [-0.2, 0) is 21.6 Å². The van der Waals surface area contributed by atoms with Crippen LogP contribution in [0.3, 0.4) is 0 Å². The predicted octanol–water partition coefficient (Wildman–Crippen LogP) is 4.83. The summed E-state index contributed by atoms with van der Waals surface area (Å²) in [6.45, 7) is 0. The van der Waals surface area contributed by atoms with Gasteiger partial charge in [-0.2, -0.15) is 12.1 Å². The summed E-state index contributed by atoms with van der Waals surface area (Å²) in [5.41, 5.74) is 1.03. The van der Waals surface area contributed by atoms with Crippen molar-refractivity contribution in [2.75, 3.05) is 0 Å². The molecule has 5 aromatic rings. The van der Waals surface area contributed by atoms with Crippen LogP contribution in [0, 0.1) is 0 Å². The van der Waals surface area contributed by atoms with Crippen molar-refractivity contribution in [3.63, 3.8) is 0 Å². The second-order valence-electron chi connectivity index (χ2n) is 7.29. The van der Waals surface area contributed by atoms with E-state index in [-0.39, 0.29) is 17.1 Å². The van der Waals surface area contributed by atoms with Crippen molar-refractivity contribution in [1.82, 2.24) is 0 Å². The molecule has 5 aromatic carbocycles. The SMILES string of the molecule is C(=NO[Si](c1ccccc1)(c1ccccc1)c1ccccc1)[c-]1cccc1.[Fe].[cH-]1[cH-][cH-][cH-][cH-]1. The summed E-state index contributed by atoms with van der Waals surface area (Å²) in [5.74, 6) is 0. The number of benzene rings is 3. The van der Waals surface area contributed by atoms with E-state index in [9.17, 15) is 0 Å². The molecule has 0 N–H and O–H groups in total. The molecule has 0 saturated carbocycles. The van der Waals surface area contributed by atoms with E-state index < -0.39 is 8.32 Å². The second-order valence-corrected chi connectivity index (χ2v) is 10.6. The molecule has 5 rings (SSSR count). The Morgan fingerprint density at radius 1 is 0.576 bits per heavy atom. The minimum absolute atomic E-state index is 0. The van der Waals surface area contributed by atoms with Gasteiger partial charge in [0.25, 0.3) is 0 Å². The monoisotopic (exact) mass is 487 g/mol. The Hall–Kier alpha value is -3.43. The molecule has 0 atom stereocenters. The van der Waals surface area contributed by atoms with E-state index in [1.54, 1.807) is 6.21 Å². The van der Waals surface area contributed by atoms with Crippen LogP contribution in [0.4, 0.5) is 0 Å². The largest absolute Gasteiger partial charge is 0.748 e. The zero-order valence-corrected chi connectivity index (χ0v) is 20.2. The fraction of sp³-hybridized carbons (Fsp3) is 0. The molecule has 170 valence electrons. The molecule has 0 fully saturated rings. The van der Waals surface area contributed by atoms with E-state index in [4.69, 9.17) is 4.53 Å². The molecule has 0 aliphatic rings. The minimum atomic E-state index is -2.76. The predicted molar refractivity (Wildman–Crippen MR) is 137 cm³/mol. The second kappa shape index (κ2) is 12.6. The topological polar surface area (TPSA) is 21.6 Å². The zero-order valence-electron chi connectivity index (χ0n) is 18.1. The fourth-order valence-corrected chi connectivity index (χ4v) is 7.15. The van der Waals surface area contributed by atoms with E-state index in [1.807, 2.05) is 72.8 Å². The molecule has 0 radical (unpaired) electrons. The van der Waals surface area contributed by atoms with Crippen LogP contribution >= 0.6 is 0 Å². The van der Waals surface area contributed by atoms with Gasteiger partial charge in [-0.3, -0.25) is 0 Å². The summed E-state index contributed by atoms with van der Waals surface area (Å²) in [6, 6.07) is 49.4. The van der Waals surface area contributed by atoms with Gasteiger partial charge in [-0.05, 0) is 15.6 Å². The van der Waals surface area contributed by atoms with Gasteiger partial charge >= 0.3 is 8.32 Å². The van der Waals surface area contributed by atoms with Crippen LogP contribution in [-0.4, -0.2) is 14.5 Å². The van der Waals surface area contributed by atoms with E-state index in [0.717, 1.165) is 5.56 Å². The van der Waals surface area contributed by atoms with Crippen LogP contribution < -0.4 is 15.6 Å². The fourth-order valence-electron chi connectivity index (χ4n) is 3.64. The molecule has 0 spiro atoms. The first-order valence-electron chi connectivity index (χ1n) is 10.7. The van der Waals surface area contributed by atoms with Crippen molar-refractivity contribution in [1.29, 1.82) is 0 Å². The Bertz CT molecular complexity index is 1060. The number of hydrogen-bond donors (Lipinski definition) is 0. The summed E-state index contributed by atoms with van der Waals surface area (Å²) in [6.07, 6.45) is 1.79. The standard InChI is InChI=1S/C24H20NOSi.C5H5.Fe/c1-4-14-22(15-5-1)27(23-16-6-2-7-17-23,24-18-8-3-9-19-24)26-25-20-21-12-10-11-13-21;1-2-4-5-3-1;/h1-20H;1-5H;/q-1;-5;. The van der Waals surface area contributed by atoms with Crippen molar-refractivity contribution >= 4 is 30.1 Å². The molecular formula is C29H25FeNOSi-6. The molecule has 0 aliphatic heterocycles. The van der Waals surface area contributed by atoms with Gasteiger partial charge < -0.3 is 34.9 Å². The van der Waals surface area contributed by atoms with Gasteiger partial charge in [0, 0.05) is 23.3 Å². The molecule has 0 aromatic heterocycles. The van der Waals surface area contributed by atoms with Gasteiger partial charge in [-0.25, -0.2) is 12.1 Å². The Balaban J connectivity index is 0.000000453. The quantitative estimate of drug-likeness (QED) is 0.111. The van der Waals surface area contributed by atoms with Crippen molar-refractivity contribution in [2.24, 2.45) is 5.16 Å². The van der Waals surface area contributed by atoms with Crippen LogP contribution in [0.25, 0.3) is 0 Å². The normalized spacial score (nSPS) is 10.7.